The highest BCUT2D eigenvalue weighted by Gasteiger charge is 2.25. The van der Waals surface area contributed by atoms with Gasteiger partial charge in [-0.15, -0.1) is 0 Å². The standard InChI is InChI=1S/C20H20N4O2/c1-12-21-13-8-7-9-14(17(13)26-12)22-18(25)16-15-10-5-6-11-24(15)19(23-16)20(2,3)4/h5-11H,1-4H3,(H,22,25). The van der Waals surface area contributed by atoms with Gasteiger partial charge >= 0.3 is 0 Å². The lowest BCUT2D eigenvalue weighted by Gasteiger charge is -2.16. The minimum atomic E-state index is -0.272. The van der Waals surface area contributed by atoms with E-state index in [1.807, 2.05) is 40.9 Å². The summed E-state index contributed by atoms with van der Waals surface area (Å²) in [5, 5.41) is 2.92. The first-order valence-corrected chi connectivity index (χ1v) is 8.49. The van der Waals surface area contributed by atoms with Crippen LogP contribution >= 0.6 is 0 Å². The topological polar surface area (TPSA) is 72.4 Å². The zero-order valence-electron chi connectivity index (χ0n) is 15.2. The summed E-state index contributed by atoms with van der Waals surface area (Å²) in [6.45, 7) is 8.02. The molecule has 4 rings (SSSR count). The number of carbonyl (C=O) groups is 1. The fourth-order valence-corrected chi connectivity index (χ4v) is 3.07. The van der Waals surface area contributed by atoms with E-state index in [1.54, 1.807) is 13.0 Å². The number of hydrogen-bond donors (Lipinski definition) is 1. The van der Waals surface area contributed by atoms with Crippen LogP contribution in [0.2, 0.25) is 0 Å². The molecule has 0 aliphatic carbocycles. The van der Waals surface area contributed by atoms with Crippen LogP contribution in [-0.2, 0) is 5.41 Å². The summed E-state index contributed by atoms with van der Waals surface area (Å²) in [4.78, 5) is 21.9. The lowest BCUT2D eigenvalue weighted by atomic mass is 9.96. The Balaban J connectivity index is 1.79. The molecular formula is C20H20N4O2. The Kier molecular flexibility index (Phi) is 3.57. The van der Waals surface area contributed by atoms with Gasteiger partial charge in [0.05, 0.1) is 11.2 Å². The number of fused-ring (bicyclic) bond motifs is 2. The molecule has 0 saturated carbocycles. The maximum Gasteiger partial charge on any atom is 0.276 e. The zero-order chi connectivity index (χ0) is 18.5. The number of carbonyl (C=O) groups excluding carboxylic acids is 1. The molecule has 0 bridgehead atoms. The molecule has 1 aromatic carbocycles. The molecule has 6 nitrogen and oxygen atoms in total. The number of nitrogens with zero attached hydrogens (tertiary/aromatic N) is 3. The number of aryl methyl sites for hydroxylation is 1. The highest BCUT2D eigenvalue weighted by Crippen LogP contribution is 2.27. The molecule has 0 aliphatic rings. The molecular weight excluding hydrogens is 328 g/mol. The van der Waals surface area contributed by atoms with Crippen LogP contribution in [0.25, 0.3) is 16.6 Å². The van der Waals surface area contributed by atoms with Crippen LogP contribution in [0.5, 0.6) is 0 Å². The molecule has 4 aromatic rings. The molecule has 0 spiro atoms. The van der Waals surface area contributed by atoms with Gasteiger partial charge in [-0.1, -0.05) is 32.9 Å². The fourth-order valence-electron chi connectivity index (χ4n) is 3.07. The molecule has 132 valence electrons. The Bertz CT molecular complexity index is 1130. The fraction of sp³-hybridized carbons (Fsp3) is 0.250. The summed E-state index contributed by atoms with van der Waals surface area (Å²) in [5.41, 5.74) is 2.84. The van der Waals surface area contributed by atoms with Gasteiger partial charge in [-0.05, 0) is 24.3 Å². The van der Waals surface area contributed by atoms with Crippen molar-refractivity contribution in [2.45, 2.75) is 33.1 Å². The van der Waals surface area contributed by atoms with Crippen LogP contribution in [0.1, 0.15) is 43.0 Å². The van der Waals surface area contributed by atoms with Crippen molar-refractivity contribution in [3.05, 3.63) is 60.0 Å². The molecule has 1 amide bonds. The summed E-state index contributed by atoms with van der Waals surface area (Å²) >= 11 is 0. The van der Waals surface area contributed by atoms with Crippen molar-refractivity contribution < 1.29 is 9.21 Å². The van der Waals surface area contributed by atoms with Crippen molar-refractivity contribution >= 4 is 28.2 Å². The van der Waals surface area contributed by atoms with Crippen LogP contribution in [0.15, 0.2) is 47.0 Å². The number of hydrogen-bond acceptors (Lipinski definition) is 4. The Morgan fingerprint density at radius 3 is 2.69 bits per heavy atom. The smallest absolute Gasteiger partial charge is 0.276 e. The van der Waals surface area contributed by atoms with Gasteiger partial charge in [-0.25, -0.2) is 9.97 Å². The first kappa shape index (κ1) is 16.3. The third kappa shape index (κ3) is 2.63. The highest BCUT2D eigenvalue weighted by atomic mass is 16.3. The summed E-state index contributed by atoms with van der Waals surface area (Å²) in [6, 6.07) is 11.2. The second-order valence-electron chi connectivity index (χ2n) is 7.33. The Morgan fingerprint density at radius 2 is 1.92 bits per heavy atom. The number of para-hydroxylation sites is 1. The summed E-state index contributed by atoms with van der Waals surface area (Å²) in [7, 11) is 0. The summed E-state index contributed by atoms with van der Waals surface area (Å²) in [6.07, 6.45) is 1.93. The SMILES string of the molecule is Cc1nc2cccc(NC(=O)c3nc(C(C)(C)C)n4ccccc34)c2o1. The maximum atomic E-state index is 13.0. The number of anilines is 1. The lowest BCUT2D eigenvalue weighted by molar-refractivity contribution is 0.102. The van der Waals surface area contributed by atoms with Crippen LogP contribution in [-0.4, -0.2) is 20.3 Å². The predicted octanol–water partition coefficient (Wildman–Crippen LogP) is 4.33. The van der Waals surface area contributed by atoms with Gasteiger partial charge in [0, 0.05) is 18.5 Å². The molecule has 6 heteroatoms. The van der Waals surface area contributed by atoms with Crippen molar-refractivity contribution in [1.82, 2.24) is 14.4 Å². The zero-order valence-corrected chi connectivity index (χ0v) is 15.2. The number of imidazole rings is 1. The molecule has 0 aliphatic heterocycles. The number of amides is 1. The monoisotopic (exact) mass is 348 g/mol. The molecule has 3 heterocycles. The number of aromatic nitrogens is 3. The van der Waals surface area contributed by atoms with Crippen molar-refractivity contribution in [3.8, 4) is 0 Å². The van der Waals surface area contributed by atoms with Crippen LogP contribution in [0.3, 0.4) is 0 Å². The minimum absolute atomic E-state index is 0.190. The van der Waals surface area contributed by atoms with Crippen molar-refractivity contribution in [2.24, 2.45) is 0 Å². The van der Waals surface area contributed by atoms with Crippen molar-refractivity contribution in [2.75, 3.05) is 5.32 Å². The van der Waals surface area contributed by atoms with E-state index in [2.05, 4.69) is 36.1 Å². The molecule has 0 radical (unpaired) electrons. The van der Waals surface area contributed by atoms with Crippen LogP contribution in [0.4, 0.5) is 5.69 Å². The van der Waals surface area contributed by atoms with E-state index < -0.39 is 0 Å². The van der Waals surface area contributed by atoms with Crippen LogP contribution < -0.4 is 5.32 Å². The Labute approximate surface area is 150 Å². The Hall–Kier alpha value is -3.15. The molecule has 1 N–H and O–H groups in total. The quantitative estimate of drug-likeness (QED) is 0.585. The minimum Gasteiger partial charge on any atom is -0.439 e. The highest BCUT2D eigenvalue weighted by molar-refractivity contribution is 6.10. The number of oxazole rings is 1. The molecule has 3 aromatic heterocycles. The molecule has 0 unspecified atom stereocenters. The average molecular weight is 348 g/mol. The lowest BCUT2D eigenvalue weighted by Crippen LogP contribution is -2.16. The number of nitrogens with one attached hydrogen (secondary N) is 1. The second kappa shape index (κ2) is 5.69. The third-order valence-corrected chi connectivity index (χ3v) is 4.20. The number of benzene rings is 1. The molecule has 0 saturated heterocycles. The molecule has 26 heavy (non-hydrogen) atoms. The van der Waals surface area contributed by atoms with E-state index in [-0.39, 0.29) is 11.3 Å². The van der Waals surface area contributed by atoms with E-state index >= 15 is 0 Å². The van der Waals surface area contributed by atoms with Gasteiger partial charge in [0.25, 0.3) is 5.91 Å². The average Bonchev–Trinajstić information content (AvgIpc) is 3.15. The second-order valence-corrected chi connectivity index (χ2v) is 7.33. The maximum absolute atomic E-state index is 13.0. The van der Waals surface area contributed by atoms with Gasteiger partial charge in [-0.2, -0.15) is 0 Å². The van der Waals surface area contributed by atoms with Gasteiger partial charge < -0.3 is 14.1 Å². The predicted molar refractivity (Wildman–Crippen MR) is 101 cm³/mol. The van der Waals surface area contributed by atoms with Gasteiger partial charge in [0.15, 0.2) is 17.2 Å². The van der Waals surface area contributed by atoms with Gasteiger partial charge in [0.2, 0.25) is 0 Å². The first-order valence-electron chi connectivity index (χ1n) is 8.49. The third-order valence-electron chi connectivity index (χ3n) is 4.20. The normalized spacial score (nSPS) is 12.0. The largest absolute Gasteiger partial charge is 0.439 e. The van der Waals surface area contributed by atoms with Gasteiger partial charge in [-0.3, -0.25) is 4.79 Å². The number of rotatable bonds is 2. The van der Waals surface area contributed by atoms with Crippen molar-refractivity contribution in [1.29, 1.82) is 0 Å². The number of pyridine rings is 1. The first-order chi connectivity index (χ1) is 12.3. The van der Waals surface area contributed by atoms with E-state index in [0.717, 1.165) is 11.3 Å². The summed E-state index contributed by atoms with van der Waals surface area (Å²) < 4.78 is 7.60. The van der Waals surface area contributed by atoms with Crippen LogP contribution in [0, 0.1) is 6.92 Å². The van der Waals surface area contributed by atoms with E-state index in [1.165, 1.54) is 0 Å². The van der Waals surface area contributed by atoms with Gasteiger partial charge in [0.1, 0.15) is 11.3 Å². The van der Waals surface area contributed by atoms with Crippen molar-refractivity contribution in [3.63, 3.8) is 0 Å². The molecule has 0 fully saturated rings. The van der Waals surface area contributed by atoms with E-state index in [0.29, 0.717) is 28.4 Å². The summed E-state index contributed by atoms with van der Waals surface area (Å²) in [5.74, 6) is 1.13. The Morgan fingerprint density at radius 1 is 1.12 bits per heavy atom. The molecule has 0 atom stereocenters. The van der Waals surface area contributed by atoms with E-state index in [9.17, 15) is 4.79 Å². The van der Waals surface area contributed by atoms with E-state index in [4.69, 9.17) is 4.42 Å².